The van der Waals surface area contributed by atoms with E-state index >= 15 is 0 Å². The van der Waals surface area contributed by atoms with E-state index in [0.29, 0.717) is 11.7 Å². The molecule has 3 N–H and O–H groups in total. The number of benzene rings is 1. The maximum atomic E-state index is 11.0. The van der Waals surface area contributed by atoms with Crippen LogP contribution in [0.1, 0.15) is 76.8 Å². The summed E-state index contributed by atoms with van der Waals surface area (Å²) in [6, 6.07) is 4.41. The first-order valence-corrected chi connectivity index (χ1v) is 10.2. The molecule has 2 aliphatic rings. The molecule has 1 aliphatic carbocycles. The van der Waals surface area contributed by atoms with Gasteiger partial charge in [0.1, 0.15) is 5.75 Å². The third-order valence-electron chi connectivity index (χ3n) is 6.79. The van der Waals surface area contributed by atoms with Gasteiger partial charge in [0.05, 0.1) is 0 Å². The van der Waals surface area contributed by atoms with E-state index in [-0.39, 0.29) is 29.9 Å². The lowest BCUT2D eigenvalue weighted by Crippen LogP contribution is -2.40. The molecule has 144 valence electrons. The summed E-state index contributed by atoms with van der Waals surface area (Å²) < 4.78 is 0. The maximum Gasteiger partial charge on any atom is 0.121 e. The maximum absolute atomic E-state index is 11.0. The van der Waals surface area contributed by atoms with E-state index in [1.54, 1.807) is 0 Å². The van der Waals surface area contributed by atoms with Crippen LogP contribution in [0.3, 0.4) is 0 Å². The molecule has 4 atom stereocenters. The van der Waals surface area contributed by atoms with Crippen LogP contribution in [0.15, 0.2) is 24.3 Å². The van der Waals surface area contributed by atoms with Gasteiger partial charge in [0.25, 0.3) is 0 Å². The summed E-state index contributed by atoms with van der Waals surface area (Å²) in [7, 11) is 0. The normalized spacial score (nSPS) is 27.6. The highest BCUT2D eigenvalue weighted by Gasteiger charge is 2.46. The van der Waals surface area contributed by atoms with Crippen LogP contribution >= 0.6 is 0 Å². The third kappa shape index (κ3) is 3.26. The summed E-state index contributed by atoms with van der Waals surface area (Å²) in [6.45, 7) is 13.2. The number of phenolic OH excluding ortho intramolecular Hbond substituents is 1. The second kappa shape index (κ2) is 7.26. The smallest absolute Gasteiger partial charge is 0.121 e. The number of anilines is 1. The van der Waals surface area contributed by atoms with Crippen molar-refractivity contribution >= 4 is 5.69 Å². The fraction of sp³-hybridized carbons (Fsp3) is 0.652. The van der Waals surface area contributed by atoms with Crippen molar-refractivity contribution in [3.8, 4) is 5.75 Å². The second-order valence-corrected chi connectivity index (χ2v) is 9.11. The molecule has 0 saturated heterocycles. The van der Waals surface area contributed by atoms with Crippen molar-refractivity contribution in [1.29, 1.82) is 0 Å². The highest BCUT2D eigenvalue weighted by Crippen LogP contribution is 2.54. The average Bonchev–Trinajstić information content (AvgIpc) is 2.98. The lowest BCUT2D eigenvalue weighted by atomic mass is 9.67. The first-order chi connectivity index (χ1) is 12.3. The van der Waals surface area contributed by atoms with Crippen molar-refractivity contribution in [1.82, 2.24) is 0 Å². The van der Waals surface area contributed by atoms with Crippen LogP contribution in [0, 0.1) is 11.8 Å². The highest BCUT2D eigenvalue weighted by molar-refractivity contribution is 5.67. The molecule has 0 aromatic heterocycles. The van der Waals surface area contributed by atoms with Crippen molar-refractivity contribution in [3.05, 3.63) is 35.4 Å². The number of unbranched alkanes of at least 4 members (excludes halogenated alkanes) is 1. The monoisotopic (exact) mass is 357 g/mol. The number of allylic oxidation sites excluding steroid dienone is 1. The van der Waals surface area contributed by atoms with Crippen LogP contribution < -0.4 is 5.32 Å². The van der Waals surface area contributed by atoms with Crippen LogP contribution in [-0.2, 0) is 5.41 Å². The Balaban J connectivity index is 2.01. The Kier molecular flexibility index (Phi) is 5.39. The molecule has 3 rings (SSSR count). The Labute approximate surface area is 158 Å². The lowest BCUT2D eigenvalue weighted by molar-refractivity contribution is 0.150. The molecule has 0 radical (unpaired) electrons. The van der Waals surface area contributed by atoms with Crippen molar-refractivity contribution in [3.63, 3.8) is 0 Å². The SMILES string of the molecule is C=C(C)C1CCC(CO)C2Nc3cc(C(C)(C)CCCC)cc(O)c3C12. The van der Waals surface area contributed by atoms with E-state index in [4.69, 9.17) is 0 Å². The predicted molar refractivity (Wildman–Crippen MR) is 109 cm³/mol. The molecule has 1 aromatic rings. The number of phenols is 1. The largest absolute Gasteiger partial charge is 0.508 e. The molecule has 1 aliphatic heterocycles. The molecule has 26 heavy (non-hydrogen) atoms. The summed E-state index contributed by atoms with van der Waals surface area (Å²) in [6.07, 6.45) is 5.52. The number of fused-ring (bicyclic) bond motifs is 3. The Morgan fingerprint density at radius 1 is 1.31 bits per heavy atom. The number of aliphatic hydroxyl groups excluding tert-OH is 1. The van der Waals surface area contributed by atoms with E-state index in [1.165, 1.54) is 24.0 Å². The Bertz CT molecular complexity index is 679. The molecule has 3 nitrogen and oxygen atoms in total. The molecule has 1 aromatic carbocycles. The number of rotatable bonds is 6. The molecule has 0 amide bonds. The zero-order valence-electron chi connectivity index (χ0n) is 16.8. The lowest BCUT2D eigenvalue weighted by Gasteiger charge is -2.39. The van der Waals surface area contributed by atoms with Gasteiger partial charge in [0, 0.05) is 35.7 Å². The van der Waals surface area contributed by atoms with E-state index < -0.39 is 0 Å². The standard InChI is InChI=1S/C23H35NO2/c1-6-7-10-23(4,5)16-11-18-21(19(26)12-16)20-17(14(2)3)9-8-15(13-25)22(20)24-18/h11-12,15,17,20,22,24-26H,2,6-10,13H2,1,3-5H3. The fourth-order valence-electron chi connectivity index (χ4n) is 5.08. The van der Waals surface area contributed by atoms with Gasteiger partial charge in [-0.05, 0) is 55.2 Å². The molecular weight excluding hydrogens is 322 g/mol. The van der Waals surface area contributed by atoms with Gasteiger partial charge < -0.3 is 15.5 Å². The number of aromatic hydroxyl groups is 1. The molecule has 1 fully saturated rings. The van der Waals surface area contributed by atoms with Gasteiger partial charge in [0.15, 0.2) is 0 Å². The summed E-state index contributed by atoms with van der Waals surface area (Å²) in [5, 5.41) is 24.5. The van der Waals surface area contributed by atoms with Gasteiger partial charge in [-0.3, -0.25) is 0 Å². The van der Waals surface area contributed by atoms with Gasteiger partial charge >= 0.3 is 0 Å². The Hall–Kier alpha value is -1.48. The van der Waals surface area contributed by atoms with Gasteiger partial charge in [-0.25, -0.2) is 0 Å². The van der Waals surface area contributed by atoms with Crippen LogP contribution in [0.25, 0.3) is 0 Å². The van der Waals surface area contributed by atoms with Gasteiger partial charge in [0.2, 0.25) is 0 Å². The molecule has 3 heteroatoms. The van der Waals surface area contributed by atoms with Crippen LogP contribution in [0.4, 0.5) is 5.69 Å². The van der Waals surface area contributed by atoms with Crippen molar-refractivity contribution < 1.29 is 10.2 Å². The van der Waals surface area contributed by atoms with E-state index in [0.717, 1.165) is 30.5 Å². The average molecular weight is 358 g/mol. The third-order valence-corrected chi connectivity index (χ3v) is 6.79. The minimum Gasteiger partial charge on any atom is -0.508 e. The number of hydrogen-bond acceptors (Lipinski definition) is 3. The molecular formula is C23H35NO2. The van der Waals surface area contributed by atoms with E-state index in [1.807, 2.05) is 6.07 Å². The summed E-state index contributed by atoms with van der Waals surface area (Å²) in [5.74, 6) is 1.22. The van der Waals surface area contributed by atoms with Crippen molar-refractivity contribution in [2.45, 2.75) is 77.2 Å². The first-order valence-electron chi connectivity index (χ1n) is 10.2. The minimum atomic E-state index is 0.0437. The van der Waals surface area contributed by atoms with E-state index in [2.05, 4.69) is 45.7 Å². The molecule has 4 unspecified atom stereocenters. The Morgan fingerprint density at radius 2 is 2.04 bits per heavy atom. The van der Waals surface area contributed by atoms with Crippen molar-refractivity contribution in [2.24, 2.45) is 11.8 Å². The van der Waals surface area contributed by atoms with Gasteiger partial charge in [-0.15, -0.1) is 0 Å². The minimum absolute atomic E-state index is 0.0437. The van der Waals surface area contributed by atoms with Crippen LogP contribution in [-0.4, -0.2) is 22.9 Å². The van der Waals surface area contributed by atoms with Crippen molar-refractivity contribution in [2.75, 3.05) is 11.9 Å². The first kappa shape index (κ1) is 19.3. The summed E-state index contributed by atoms with van der Waals surface area (Å²) >= 11 is 0. The van der Waals surface area contributed by atoms with Gasteiger partial charge in [-0.1, -0.05) is 45.8 Å². The topological polar surface area (TPSA) is 52.5 Å². The predicted octanol–water partition coefficient (Wildman–Crippen LogP) is 5.33. The van der Waals surface area contributed by atoms with Crippen LogP contribution in [0.5, 0.6) is 5.75 Å². The quantitative estimate of drug-likeness (QED) is 0.603. The molecule has 1 heterocycles. The fourth-order valence-corrected chi connectivity index (χ4v) is 5.08. The molecule has 0 bridgehead atoms. The Morgan fingerprint density at radius 3 is 2.65 bits per heavy atom. The highest BCUT2D eigenvalue weighted by atomic mass is 16.3. The molecule has 1 saturated carbocycles. The number of nitrogens with one attached hydrogen (secondary N) is 1. The zero-order valence-corrected chi connectivity index (χ0v) is 16.8. The molecule has 0 spiro atoms. The number of hydrogen-bond donors (Lipinski definition) is 3. The van der Waals surface area contributed by atoms with Crippen LogP contribution in [0.2, 0.25) is 0 Å². The zero-order chi connectivity index (χ0) is 19.1. The summed E-state index contributed by atoms with van der Waals surface area (Å²) in [4.78, 5) is 0. The van der Waals surface area contributed by atoms with Gasteiger partial charge in [-0.2, -0.15) is 0 Å². The summed E-state index contributed by atoms with van der Waals surface area (Å²) in [5.41, 5.74) is 4.52. The number of aliphatic hydroxyl groups is 1. The van der Waals surface area contributed by atoms with E-state index in [9.17, 15) is 10.2 Å². The second-order valence-electron chi connectivity index (χ2n) is 9.11.